The number of fused-ring (bicyclic) bond motifs is 1. The fraction of sp³-hybridized carbons (Fsp3) is 0.455. The molecule has 80 valence electrons. The van der Waals surface area contributed by atoms with E-state index in [4.69, 9.17) is 0 Å². The Bertz CT molecular complexity index is 350. The number of nitrogens with zero attached hydrogens (tertiary/aromatic N) is 3. The van der Waals surface area contributed by atoms with E-state index in [0.29, 0.717) is 0 Å². The molecule has 0 amide bonds. The van der Waals surface area contributed by atoms with Crippen LogP contribution in [0.1, 0.15) is 19.3 Å². The monoisotopic (exact) mass is 204 g/mol. The van der Waals surface area contributed by atoms with Crippen LogP contribution < -0.4 is 5.32 Å². The number of rotatable bonds is 0. The summed E-state index contributed by atoms with van der Waals surface area (Å²) in [5, 5.41) is 7.28. The molecular formula is C11H16N4. The predicted molar refractivity (Wildman–Crippen MR) is 59.7 cm³/mol. The first kappa shape index (κ1) is 10.1. The van der Waals surface area contributed by atoms with Gasteiger partial charge in [-0.1, -0.05) is 6.42 Å². The summed E-state index contributed by atoms with van der Waals surface area (Å²) < 4.78 is 1.72. The van der Waals surface area contributed by atoms with Gasteiger partial charge < -0.3 is 5.32 Å². The Labute approximate surface area is 89.3 Å². The smallest absolute Gasteiger partial charge is 0.153 e. The number of piperidine rings is 1. The van der Waals surface area contributed by atoms with Crippen LogP contribution in [-0.2, 0) is 0 Å². The van der Waals surface area contributed by atoms with Gasteiger partial charge in [0.05, 0.1) is 0 Å². The van der Waals surface area contributed by atoms with Crippen LogP contribution in [0.3, 0.4) is 0 Å². The summed E-state index contributed by atoms with van der Waals surface area (Å²) in [6.45, 7) is 2.50. The van der Waals surface area contributed by atoms with Crippen LogP contribution in [0.5, 0.6) is 0 Å². The van der Waals surface area contributed by atoms with Gasteiger partial charge in [-0.05, 0) is 38.1 Å². The molecule has 0 spiro atoms. The zero-order valence-electron chi connectivity index (χ0n) is 8.76. The normalized spacial score (nSPS) is 15.7. The molecule has 1 aliphatic rings. The summed E-state index contributed by atoms with van der Waals surface area (Å²) in [5.74, 6) is 0. The van der Waals surface area contributed by atoms with Gasteiger partial charge in [0.2, 0.25) is 0 Å². The molecule has 4 heteroatoms. The van der Waals surface area contributed by atoms with Crippen molar-refractivity contribution in [3.05, 3.63) is 30.7 Å². The molecule has 0 radical (unpaired) electrons. The van der Waals surface area contributed by atoms with E-state index in [9.17, 15) is 0 Å². The first-order chi connectivity index (χ1) is 7.47. The van der Waals surface area contributed by atoms with Crippen LogP contribution in [0.15, 0.2) is 30.7 Å². The minimum Gasteiger partial charge on any atom is -0.317 e. The molecular weight excluding hydrogens is 188 g/mol. The van der Waals surface area contributed by atoms with Crippen LogP contribution in [0.4, 0.5) is 0 Å². The van der Waals surface area contributed by atoms with Gasteiger partial charge >= 0.3 is 0 Å². The van der Waals surface area contributed by atoms with E-state index in [1.807, 2.05) is 18.3 Å². The third-order valence-electron chi connectivity index (χ3n) is 2.38. The number of imidazole rings is 1. The third-order valence-corrected chi connectivity index (χ3v) is 2.38. The second kappa shape index (κ2) is 5.46. The highest BCUT2D eigenvalue weighted by Crippen LogP contribution is 1.96. The van der Waals surface area contributed by atoms with Crippen molar-refractivity contribution in [3.8, 4) is 0 Å². The summed E-state index contributed by atoms with van der Waals surface area (Å²) in [6.07, 6.45) is 9.49. The SMILES string of the molecule is C1CCNCC1.c1cnn2ccnc2c1. The van der Waals surface area contributed by atoms with E-state index in [2.05, 4.69) is 15.4 Å². The largest absolute Gasteiger partial charge is 0.317 e. The zero-order chi connectivity index (χ0) is 10.3. The van der Waals surface area contributed by atoms with Gasteiger partial charge in [-0.3, -0.25) is 0 Å². The van der Waals surface area contributed by atoms with Crippen LogP contribution in [-0.4, -0.2) is 27.7 Å². The maximum atomic E-state index is 4.02. The molecule has 15 heavy (non-hydrogen) atoms. The minimum absolute atomic E-state index is 0.887. The fourth-order valence-electron chi connectivity index (χ4n) is 1.57. The Kier molecular flexibility index (Phi) is 3.68. The van der Waals surface area contributed by atoms with Crippen molar-refractivity contribution in [1.82, 2.24) is 19.9 Å². The minimum atomic E-state index is 0.887. The Morgan fingerprint density at radius 2 is 2.00 bits per heavy atom. The van der Waals surface area contributed by atoms with Crippen LogP contribution in [0.2, 0.25) is 0 Å². The van der Waals surface area contributed by atoms with E-state index in [-0.39, 0.29) is 0 Å². The number of hydrogen-bond acceptors (Lipinski definition) is 3. The van der Waals surface area contributed by atoms with E-state index in [1.54, 1.807) is 16.9 Å². The molecule has 1 saturated heterocycles. The quantitative estimate of drug-likeness (QED) is 0.707. The van der Waals surface area contributed by atoms with E-state index in [1.165, 1.54) is 32.4 Å². The van der Waals surface area contributed by atoms with Crippen molar-refractivity contribution in [1.29, 1.82) is 0 Å². The Balaban J connectivity index is 0.000000124. The molecule has 3 rings (SSSR count). The summed E-state index contributed by atoms with van der Waals surface area (Å²) in [6, 6.07) is 3.77. The lowest BCUT2D eigenvalue weighted by Gasteiger charge is -2.08. The fourth-order valence-corrected chi connectivity index (χ4v) is 1.57. The van der Waals surface area contributed by atoms with Crippen LogP contribution in [0, 0.1) is 0 Å². The summed E-state index contributed by atoms with van der Waals surface area (Å²) in [4.78, 5) is 4.02. The first-order valence-corrected chi connectivity index (χ1v) is 5.42. The van der Waals surface area contributed by atoms with E-state index >= 15 is 0 Å². The topological polar surface area (TPSA) is 42.2 Å². The molecule has 1 aliphatic heterocycles. The Hall–Kier alpha value is -1.42. The lowest BCUT2D eigenvalue weighted by atomic mass is 10.2. The number of aromatic nitrogens is 3. The molecule has 1 N–H and O–H groups in total. The van der Waals surface area contributed by atoms with Gasteiger partial charge in [0, 0.05) is 18.6 Å². The molecule has 0 aromatic carbocycles. The van der Waals surface area contributed by atoms with Gasteiger partial charge in [-0.25, -0.2) is 9.50 Å². The van der Waals surface area contributed by atoms with Crippen LogP contribution in [0.25, 0.3) is 5.65 Å². The molecule has 0 aliphatic carbocycles. The number of hydrogen-bond donors (Lipinski definition) is 1. The van der Waals surface area contributed by atoms with Crippen molar-refractivity contribution in [2.24, 2.45) is 0 Å². The predicted octanol–water partition coefficient (Wildman–Crippen LogP) is 1.49. The molecule has 2 aromatic rings. The van der Waals surface area contributed by atoms with E-state index < -0.39 is 0 Å². The molecule has 1 fully saturated rings. The average Bonchev–Trinajstić information content (AvgIpc) is 2.80. The van der Waals surface area contributed by atoms with Crippen molar-refractivity contribution in [2.45, 2.75) is 19.3 Å². The van der Waals surface area contributed by atoms with Gasteiger partial charge in [0.25, 0.3) is 0 Å². The summed E-state index contributed by atoms with van der Waals surface area (Å²) >= 11 is 0. The molecule has 0 atom stereocenters. The van der Waals surface area contributed by atoms with Crippen molar-refractivity contribution < 1.29 is 0 Å². The molecule has 2 aromatic heterocycles. The second-order valence-corrected chi connectivity index (χ2v) is 3.56. The van der Waals surface area contributed by atoms with Crippen molar-refractivity contribution >= 4 is 5.65 Å². The molecule has 0 unspecified atom stereocenters. The Morgan fingerprint density at radius 3 is 2.60 bits per heavy atom. The maximum absolute atomic E-state index is 4.02. The third kappa shape index (κ3) is 3.02. The van der Waals surface area contributed by atoms with Gasteiger partial charge in [0.1, 0.15) is 0 Å². The lowest BCUT2D eigenvalue weighted by Crippen LogP contribution is -2.21. The standard InChI is InChI=1S/C6H5N3.C5H11N/c1-2-6-7-4-5-9(6)8-3-1;1-2-4-6-5-3-1/h1-5H;6H,1-5H2. The van der Waals surface area contributed by atoms with Crippen molar-refractivity contribution in [3.63, 3.8) is 0 Å². The first-order valence-electron chi connectivity index (χ1n) is 5.42. The number of nitrogens with one attached hydrogen (secondary N) is 1. The highest BCUT2D eigenvalue weighted by atomic mass is 15.2. The second-order valence-electron chi connectivity index (χ2n) is 3.56. The van der Waals surface area contributed by atoms with Crippen molar-refractivity contribution in [2.75, 3.05) is 13.1 Å². The van der Waals surface area contributed by atoms with E-state index in [0.717, 1.165) is 5.65 Å². The zero-order valence-corrected chi connectivity index (χ0v) is 8.76. The average molecular weight is 204 g/mol. The molecule has 0 saturated carbocycles. The highest BCUT2D eigenvalue weighted by Gasteiger charge is 1.93. The summed E-state index contributed by atoms with van der Waals surface area (Å²) in [7, 11) is 0. The van der Waals surface area contributed by atoms with Crippen LogP contribution >= 0.6 is 0 Å². The van der Waals surface area contributed by atoms with Gasteiger partial charge in [0.15, 0.2) is 5.65 Å². The lowest BCUT2D eigenvalue weighted by molar-refractivity contribution is 0.520. The highest BCUT2D eigenvalue weighted by molar-refractivity contribution is 5.34. The van der Waals surface area contributed by atoms with Gasteiger partial charge in [-0.15, -0.1) is 0 Å². The summed E-state index contributed by atoms with van der Waals surface area (Å²) in [5.41, 5.74) is 0.887. The molecule has 3 heterocycles. The molecule has 4 nitrogen and oxygen atoms in total. The Morgan fingerprint density at radius 1 is 1.13 bits per heavy atom. The molecule has 0 bridgehead atoms. The van der Waals surface area contributed by atoms with Gasteiger partial charge in [-0.2, -0.15) is 5.10 Å². The maximum Gasteiger partial charge on any atom is 0.153 e.